The first-order chi connectivity index (χ1) is 8.31. The summed E-state index contributed by atoms with van der Waals surface area (Å²) in [5, 5.41) is 9.43. The molecule has 0 aliphatic rings. The number of nitrogens with one attached hydrogen (secondary N) is 1. The van der Waals surface area contributed by atoms with E-state index in [1.54, 1.807) is 6.92 Å². The van der Waals surface area contributed by atoms with Crippen LogP contribution in [-0.2, 0) is 10.0 Å². The Hall–Kier alpha value is 0.150. The lowest BCUT2D eigenvalue weighted by Gasteiger charge is -2.15. The molecule has 0 saturated carbocycles. The maximum Gasteiger partial charge on any atom is 0.242 e. The average Bonchev–Trinajstić information content (AvgIpc) is 2.30. The molecule has 1 aromatic rings. The monoisotopic (exact) mass is 375 g/mol. The van der Waals surface area contributed by atoms with E-state index < -0.39 is 16.1 Å². The highest BCUT2D eigenvalue weighted by Gasteiger charge is 2.22. The van der Waals surface area contributed by atoms with Gasteiger partial charge in [0.05, 0.1) is 21.5 Å². The van der Waals surface area contributed by atoms with Crippen LogP contribution in [0.5, 0.6) is 0 Å². The van der Waals surface area contributed by atoms with Gasteiger partial charge >= 0.3 is 0 Å². The van der Waals surface area contributed by atoms with Crippen LogP contribution in [0.4, 0.5) is 0 Å². The van der Waals surface area contributed by atoms with Crippen LogP contribution in [0.1, 0.15) is 13.3 Å². The average molecular weight is 377 g/mol. The van der Waals surface area contributed by atoms with Crippen molar-refractivity contribution in [2.24, 2.45) is 0 Å². The summed E-state index contributed by atoms with van der Waals surface area (Å²) in [6.45, 7) is 1.50. The van der Waals surface area contributed by atoms with Gasteiger partial charge in [-0.2, -0.15) is 0 Å². The molecular formula is C10H12BrCl2NO3S. The summed E-state index contributed by atoms with van der Waals surface area (Å²) in [6.07, 6.45) is 0.481. The fourth-order valence-electron chi connectivity index (χ4n) is 1.24. The molecule has 18 heavy (non-hydrogen) atoms. The molecule has 4 nitrogen and oxygen atoms in total. The second-order valence-corrected chi connectivity index (χ2v) is 6.96. The Bertz CT molecular complexity index is 532. The Kier molecular flexibility index (Phi) is 5.89. The first-order valence-electron chi connectivity index (χ1n) is 5.09. The molecule has 1 unspecified atom stereocenters. The predicted octanol–water partition coefficient (Wildman–Crippen LogP) is 2.81. The minimum Gasteiger partial charge on any atom is -0.395 e. The van der Waals surface area contributed by atoms with Gasteiger partial charge in [-0.15, -0.1) is 0 Å². The van der Waals surface area contributed by atoms with Gasteiger partial charge in [0.15, 0.2) is 0 Å². The lowest BCUT2D eigenvalue weighted by atomic mass is 10.3. The van der Waals surface area contributed by atoms with Crippen molar-refractivity contribution in [3.8, 4) is 0 Å². The van der Waals surface area contributed by atoms with Crippen LogP contribution >= 0.6 is 39.1 Å². The highest BCUT2D eigenvalue weighted by Crippen LogP contribution is 2.31. The lowest BCUT2D eigenvalue weighted by Crippen LogP contribution is -2.37. The number of benzene rings is 1. The largest absolute Gasteiger partial charge is 0.395 e. The molecule has 0 heterocycles. The summed E-state index contributed by atoms with van der Waals surface area (Å²) in [6, 6.07) is 2.15. The quantitative estimate of drug-likeness (QED) is 0.776. The van der Waals surface area contributed by atoms with Gasteiger partial charge in [-0.05, 0) is 34.5 Å². The van der Waals surface area contributed by atoms with Crippen molar-refractivity contribution in [3.63, 3.8) is 0 Å². The third-order valence-electron chi connectivity index (χ3n) is 2.30. The van der Waals surface area contributed by atoms with Gasteiger partial charge in [-0.25, -0.2) is 13.1 Å². The molecule has 1 rings (SSSR count). The van der Waals surface area contributed by atoms with E-state index in [9.17, 15) is 8.42 Å². The third kappa shape index (κ3) is 3.82. The number of rotatable bonds is 5. The van der Waals surface area contributed by atoms with Crippen molar-refractivity contribution in [1.82, 2.24) is 4.72 Å². The zero-order valence-corrected chi connectivity index (χ0v) is 13.4. The van der Waals surface area contributed by atoms with Crippen molar-refractivity contribution in [2.45, 2.75) is 24.3 Å². The lowest BCUT2D eigenvalue weighted by molar-refractivity contribution is 0.254. The molecule has 0 aliphatic carbocycles. The number of aliphatic hydroxyl groups is 1. The van der Waals surface area contributed by atoms with E-state index in [4.69, 9.17) is 28.3 Å². The van der Waals surface area contributed by atoms with E-state index >= 15 is 0 Å². The summed E-state index contributed by atoms with van der Waals surface area (Å²) >= 11 is 14.7. The first kappa shape index (κ1) is 16.2. The van der Waals surface area contributed by atoms with Crippen molar-refractivity contribution in [1.29, 1.82) is 0 Å². The fraction of sp³-hybridized carbons (Fsp3) is 0.400. The summed E-state index contributed by atoms with van der Waals surface area (Å²) in [4.78, 5) is -0.0104. The fourth-order valence-corrected chi connectivity index (χ4v) is 4.14. The number of hydrogen-bond acceptors (Lipinski definition) is 3. The molecule has 0 aromatic heterocycles. The van der Waals surface area contributed by atoms with E-state index in [0.717, 1.165) is 0 Å². The molecule has 0 spiro atoms. The van der Waals surface area contributed by atoms with Gasteiger partial charge in [0.25, 0.3) is 0 Å². The summed E-state index contributed by atoms with van der Waals surface area (Å²) < 4.78 is 26.9. The minimum atomic E-state index is -3.75. The van der Waals surface area contributed by atoms with E-state index in [0.29, 0.717) is 10.9 Å². The van der Waals surface area contributed by atoms with Gasteiger partial charge in [-0.3, -0.25) is 0 Å². The maximum atomic E-state index is 12.1. The summed E-state index contributed by atoms with van der Waals surface area (Å²) in [5.41, 5.74) is 0. The maximum absolute atomic E-state index is 12.1. The van der Waals surface area contributed by atoms with Gasteiger partial charge < -0.3 is 5.11 Å². The molecule has 0 aliphatic heterocycles. The Balaban J connectivity index is 3.16. The van der Waals surface area contributed by atoms with Crippen molar-refractivity contribution in [3.05, 3.63) is 26.7 Å². The highest BCUT2D eigenvalue weighted by molar-refractivity contribution is 9.10. The minimum absolute atomic E-state index is 0.0104. The van der Waals surface area contributed by atoms with Crippen LogP contribution in [0.3, 0.4) is 0 Å². The van der Waals surface area contributed by atoms with E-state index in [1.165, 1.54) is 12.1 Å². The van der Waals surface area contributed by atoms with E-state index in [-0.39, 0.29) is 21.5 Å². The smallest absolute Gasteiger partial charge is 0.242 e. The van der Waals surface area contributed by atoms with Crippen LogP contribution < -0.4 is 4.72 Å². The van der Waals surface area contributed by atoms with Gasteiger partial charge in [-0.1, -0.05) is 30.1 Å². The van der Waals surface area contributed by atoms with Crippen LogP contribution in [0.25, 0.3) is 0 Å². The Labute approximate surface area is 124 Å². The third-order valence-corrected chi connectivity index (χ3v) is 5.50. The molecule has 0 fully saturated rings. The first-order valence-corrected chi connectivity index (χ1v) is 8.12. The molecule has 8 heteroatoms. The Morgan fingerprint density at radius 3 is 2.44 bits per heavy atom. The van der Waals surface area contributed by atoms with Gasteiger partial charge in [0, 0.05) is 10.5 Å². The topological polar surface area (TPSA) is 66.4 Å². The number of hydrogen-bond donors (Lipinski definition) is 2. The molecule has 0 radical (unpaired) electrons. The van der Waals surface area contributed by atoms with E-state index in [1.807, 2.05) is 0 Å². The molecule has 2 N–H and O–H groups in total. The normalized spacial score (nSPS) is 13.6. The second-order valence-electron chi connectivity index (χ2n) is 3.61. The molecular weight excluding hydrogens is 365 g/mol. The van der Waals surface area contributed by atoms with Crippen LogP contribution in [0.2, 0.25) is 10.0 Å². The Morgan fingerprint density at radius 2 is 1.94 bits per heavy atom. The van der Waals surface area contributed by atoms with E-state index in [2.05, 4.69) is 20.7 Å². The SMILES string of the molecule is CCC(CO)NS(=O)(=O)c1cc(Cl)c(Cl)cc1Br. The van der Waals surface area contributed by atoms with Gasteiger partial charge in [0.2, 0.25) is 10.0 Å². The number of halogens is 3. The Morgan fingerprint density at radius 1 is 1.39 bits per heavy atom. The van der Waals surface area contributed by atoms with Crippen molar-refractivity contribution >= 4 is 49.2 Å². The van der Waals surface area contributed by atoms with Crippen LogP contribution in [0.15, 0.2) is 21.5 Å². The summed E-state index contributed by atoms with van der Waals surface area (Å²) in [7, 11) is -3.75. The standard InChI is InChI=1S/C10H12BrCl2NO3S/c1-2-6(5-15)14-18(16,17)10-4-9(13)8(12)3-7(10)11/h3-4,6,14-15H,2,5H2,1H3. The molecule has 1 aromatic carbocycles. The van der Waals surface area contributed by atoms with Crippen LogP contribution in [-0.4, -0.2) is 26.2 Å². The van der Waals surface area contributed by atoms with Gasteiger partial charge in [0.1, 0.15) is 0 Å². The summed E-state index contributed by atoms with van der Waals surface area (Å²) in [5.74, 6) is 0. The number of sulfonamides is 1. The van der Waals surface area contributed by atoms with Crippen molar-refractivity contribution in [2.75, 3.05) is 6.61 Å². The zero-order chi connectivity index (χ0) is 13.9. The second kappa shape index (κ2) is 6.54. The van der Waals surface area contributed by atoms with Crippen LogP contribution in [0, 0.1) is 0 Å². The molecule has 0 saturated heterocycles. The predicted molar refractivity (Wildman–Crippen MR) is 75.6 cm³/mol. The number of aliphatic hydroxyl groups excluding tert-OH is 1. The van der Waals surface area contributed by atoms with Crippen molar-refractivity contribution < 1.29 is 13.5 Å². The molecule has 102 valence electrons. The highest BCUT2D eigenvalue weighted by atomic mass is 79.9. The molecule has 1 atom stereocenters. The molecule has 0 amide bonds. The zero-order valence-electron chi connectivity index (χ0n) is 9.45. The molecule has 0 bridgehead atoms.